The van der Waals surface area contributed by atoms with Gasteiger partial charge < -0.3 is 9.64 Å². The minimum atomic E-state index is 0.00249. The van der Waals surface area contributed by atoms with Crippen LogP contribution in [0.5, 0.6) is 0 Å². The van der Waals surface area contributed by atoms with Crippen LogP contribution in [0.2, 0.25) is 0 Å². The van der Waals surface area contributed by atoms with Gasteiger partial charge in [-0.1, -0.05) is 27.2 Å². The van der Waals surface area contributed by atoms with Crippen molar-refractivity contribution in [1.82, 2.24) is 10.2 Å². The molecule has 2 atom stereocenters. The van der Waals surface area contributed by atoms with E-state index >= 15 is 0 Å². The Kier molecular flexibility index (Phi) is 4.85. The molecule has 0 radical (unpaired) electrons. The molecule has 0 bridgehead atoms. The molecule has 2 rings (SSSR count). The van der Waals surface area contributed by atoms with E-state index in [2.05, 4.69) is 31.0 Å². The van der Waals surface area contributed by atoms with E-state index in [1.165, 1.54) is 0 Å². The highest BCUT2D eigenvalue weighted by molar-refractivity contribution is 5.85. The summed E-state index contributed by atoms with van der Waals surface area (Å²) < 4.78 is 5.61. The van der Waals surface area contributed by atoms with Gasteiger partial charge in [0.2, 0.25) is 5.91 Å². The van der Waals surface area contributed by atoms with E-state index < -0.39 is 0 Å². The maximum Gasteiger partial charge on any atom is 0.241 e. The molecule has 0 spiro atoms. The SMILES string of the molecule is CCCC1NC(C(C)C)C(=O)N1C1CC(OCC)C1. The second-order valence-corrected chi connectivity index (χ2v) is 6.14. The van der Waals surface area contributed by atoms with Crippen molar-refractivity contribution in [1.29, 1.82) is 0 Å². The molecule has 19 heavy (non-hydrogen) atoms. The number of hydrogen-bond acceptors (Lipinski definition) is 3. The number of nitrogens with zero attached hydrogens (tertiary/aromatic N) is 1. The van der Waals surface area contributed by atoms with Gasteiger partial charge in [-0.2, -0.15) is 0 Å². The quantitative estimate of drug-likeness (QED) is 0.802. The van der Waals surface area contributed by atoms with E-state index in [4.69, 9.17) is 4.74 Å². The zero-order chi connectivity index (χ0) is 14.0. The van der Waals surface area contributed by atoms with E-state index in [0.29, 0.717) is 24.0 Å². The van der Waals surface area contributed by atoms with E-state index in [-0.39, 0.29) is 12.2 Å². The fraction of sp³-hybridized carbons (Fsp3) is 0.933. The van der Waals surface area contributed by atoms with Crippen LogP contribution in [0.15, 0.2) is 0 Å². The summed E-state index contributed by atoms with van der Waals surface area (Å²) in [4.78, 5) is 14.7. The molecule has 2 unspecified atom stereocenters. The van der Waals surface area contributed by atoms with Gasteiger partial charge in [0.1, 0.15) is 0 Å². The lowest BCUT2D eigenvalue weighted by Crippen LogP contribution is -2.53. The molecule has 4 nitrogen and oxygen atoms in total. The van der Waals surface area contributed by atoms with Gasteiger partial charge in [0, 0.05) is 12.6 Å². The maximum absolute atomic E-state index is 12.6. The largest absolute Gasteiger partial charge is 0.378 e. The van der Waals surface area contributed by atoms with Crippen molar-refractivity contribution in [3.05, 3.63) is 0 Å². The van der Waals surface area contributed by atoms with Crippen molar-refractivity contribution in [2.24, 2.45) is 5.92 Å². The van der Waals surface area contributed by atoms with Crippen LogP contribution < -0.4 is 5.32 Å². The third kappa shape index (κ3) is 2.95. The van der Waals surface area contributed by atoms with Crippen LogP contribution in [0, 0.1) is 5.92 Å². The highest BCUT2D eigenvalue weighted by Crippen LogP contribution is 2.33. The molecule has 2 aliphatic rings. The smallest absolute Gasteiger partial charge is 0.241 e. The number of carbonyl (C=O) groups excluding carboxylic acids is 1. The number of nitrogens with one attached hydrogen (secondary N) is 1. The van der Waals surface area contributed by atoms with Gasteiger partial charge in [0.25, 0.3) is 0 Å². The summed E-state index contributed by atoms with van der Waals surface area (Å²) in [7, 11) is 0. The Bertz CT molecular complexity index is 313. The molecular formula is C15H28N2O2. The molecule has 0 aromatic carbocycles. The topological polar surface area (TPSA) is 41.6 Å². The fourth-order valence-electron chi connectivity index (χ4n) is 3.22. The lowest BCUT2D eigenvalue weighted by Gasteiger charge is -2.43. The van der Waals surface area contributed by atoms with Crippen LogP contribution in [0.3, 0.4) is 0 Å². The van der Waals surface area contributed by atoms with Crippen molar-refractivity contribution < 1.29 is 9.53 Å². The maximum atomic E-state index is 12.6. The predicted octanol–water partition coefficient (Wildman–Crippen LogP) is 2.14. The van der Waals surface area contributed by atoms with Gasteiger partial charge >= 0.3 is 0 Å². The molecule has 110 valence electrons. The summed E-state index contributed by atoms with van der Waals surface area (Å²) in [6.07, 6.45) is 4.76. The molecule has 1 aliphatic heterocycles. The number of carbonyl (C=O) groups is 1. The normalized spacial score (nSPS) is 35.0. The van der Waals surface area contributed by atoms with Crippen LogP contribution in [-0.4, -0.2) is 41.8 Å². The van der Waals surface area contributed by atoms with E-state index in [9.17, 15) is 4.79 Å². The zero-order valence-electron chi connectivity index (χ0n) is 12.7. The van der Waals surface area contributed by atoms with Gasteiger partial charge in [-0.25, -0.2) is 0 Å². The average Bonchev–Trinajstić information content (AvgIpc) is 2.62. The van der Waals surface area contributed by atoms with Crippen molar-refractivity contribution >= 4 is 5.91 Å². The van der Waals surface area contributed by atoms with Gasteiger partial charge in [0.05, 0.1) is 18.3 Å². The number of amides is 1. The monoisotopic (exact) mass is 268 g/mol. The van der Waals surface area contributed by atoms with E-state index in [1.807, 2.05) is 6.92 Å². The summed E-state index contributed by atoms with van der Waals surface area (Å²) in [6.45, 7) is 9.22. The third-order valence-corrected chi connectivity index (χ3v) is 4.32. The minimum Gasteiger partial charge on any atom is -0.378 e. The molecule has 0 aromatic heterocycles. The lowest BCUT2D eigenvalue weighted by molar-refractivity contribution is -0.139. The highest BCUT2D eigenvalue weighted by atomic mass is 16.5. The first kappa shape index (κ1) is 14.8. The van der Waals surface area contributed by atoms with Crippen LogP contribution in [0.4, 0.5) is 0 Å². The van der Waals surface area contributed by atoms with E-state index in [1.54, 1.807) is 0 Å². The van der Waals surface area contributed by atoms with Crippen molar-refractivity contribution in [2.75, 3.05) is 6.61 Å². The summed E-state index contributed by atoms with van der Waals surface area (Å²) >= 11 is 0. The number of ether oxygens (including phenoxy) is 1. The molecule has 1 saturated carbocycles. The fourth-order valence-corrected chi connectivity index (χ4v) is 3.22. The Labute approximate surface area is 116 Å². The van der Waals surface area contributed by atoms with Crippen molar-refractivity contribution in [2.45, 2.75) is 77.7 Å². The first-order chi connectivity index (χ1) is 9.08. The molecule has 1 N–H and O–H groups in total. The van der Waals surface area contributed by atoms with Crippen LogP contribution >= 0.6 is 0 Å². The minimum absolute atomic E-state index is 0.00249. The molecule has 0 aromatic rings. The Hall–Kier alpha value is -0.610. The van der Waals surface area contributed by atoms with Gasteiger partial charge in [0.15, 0.2) is 0 Å². The number of rotatable bonds is 6. The first-order valence-corrected chi connectivity index (χ1v) is 7.78. The average molecular weight is 268 g/mol. The second kappa shape index (κ2) is 6.23. The highest BCUT2D eigenvalue weighted by Gasteiger charge is 2.47. The molecule has 1 amide bonds. The Morgan fingerprint density at radius 3 is 2.58 bits per heavy atom. The Morgan fingerprint density at radius 1 is 1.37 bits per heavy atom. The van der Waals surface area contributed by atoms with E-state index in [0.717, 1.165) is 32.3 Å². The molecule has 1 aliphatic carbocycles. The molecule has 1 saturated heterocycles. The molecule has 2 fully saturated rings. The summed E-state index contributed by atoms with van der Waals surface area (Å²) in [5.41, 5.74) is 0. The van der Waals surface area contributed by atoms with Crippen LogP contribution in [-0.2, 0) is 9.53 Å². The summed E-state index contributed by atoms with van der Waals surface area (Å²) in [6, 6.07) is 0.388. The standard InChI is InChI=1S/C15H28N2O2/c1-5-7-13-16-14(10(3)4)15(18)17(13)11-8-12(9-11)19-6-2/h10-14,16H,5-9H2,1-4H3. The number of hydrogen-bond donors (Lipinski definition) is 1. The predicted molar refractivity (Wildman–Crippen MR) is 75.7 cm³/mol. The molecular weight excluding hydrogens is 240 g/mol. The van der Waals surface area contributed by atoms with Gasteiger partial charge in [-0.05, 0) is 32.1 Å². The van der Waals surface area contributed by atoms with Crippen LogP contribution in [0.1, 0.15) is 53.4 Å². The Morgan fingerprint density at radius 2 is 2.05 bits per heavy atom. The lowest BCUT2D eigenvalue weighted by atomic mass is 9.87. The second-order valence-electron chi connectivity index (χ2n) is 6.14. The summed E-state index contributed by atoms with van der Waals surface area (Å²) in [5, 5.41) is 3.52. The molecule has 1 heterocycles. The zero-order valence-corrected chi connectivity index (χ0v) is 12.7. The first-order valence-electron chi connectivity index (χ1n) is 7.78. The molecule has 4 heteroatoms. The van der Waals surface area contributed by atoms with Crippen molar-refractivity contribution in [3.8, 4) is 0 Å². The Balaban J connectivity index is 1.98. The summed E-state index contributed by atoms with van der Waals surface area (Å²) in [5.74, 6) is 0.660. The van der Waals surface area contributed by atoms with Crippen LogP contribution in [0.25, 0.3) is 0 Å². The van der Waals surface area contributed by atoms with Crippen molar-refractivity contribution in [3.63, 3.8) is 0 Å². The van der Waals surface area contributed by atoms with Gasteiger partial charge in [-0.3, -0.25) is 10.1 Å². The van der Waals surface area contributed by atoms with Gasteiger partial charge in [-0.15, -0.1) is 0 Å². The third-order valence-electron chi connectivity index (χ3n) is 4.32.